The summed E-state index contributed by atoms with van der Waals surface area (Å²) >= 11 is 0. The topological polar surface area (TPSA) is 70.9 Å². The Bertz CT molecular complexity index is 429. The number of hydrogen-bond acceptors (Lipinski definition) is 4. The van der Waals surface area contributed by atoms with Gasteiger partial charge in [0, 0.05) is 6.54 Å². The first-order chi connectivity index (χ1) is 7.77. The third kappa shape index (κ3) is 2.31. The minimum absolute atomic E-state index is 0.343. The standard InChI is InChI=1S/C11H12N2O3/c14-10(15)7-16-9-4-2-1-3-8(9)11-12-5-6-13-11/h1-4H,5-7H2,(H,12,13)(H,14,15). The van der Waals surface area contributed by atoms with Crippen molar-refractivity contribution in [2.75, 3.05) is 19.7 Å². The number of rotatable bonds is 4. The van der Waals surface area contributed by atoms with Gasteiger partial charge in [-0.1, -0.05) is 12.1 Å². The Morgan fingerprint density at radius 3 is 3.00 bits per heavy atom. The van der Waals surface area contributed by atoms with Gasteiger partial charge in [0.25, 0.3) is 0 Å². The summed E-state index contributed by atoms with van der Waals surface area (Å²) in [6.07, 6.45) is 0. The molecule has 0 spiro atoms. The summed E-state index contributed by atoms with van der Waals surface area (Å²) in [4.78, 5) is 14.7. The number of aliphatic carboxylic acids is 1. The average molecular weight is 220 g/mol. The molecule has 0 saturated carbocycles. The number of aliphatic imine (C=N–C) groups is 1. The molecule has 0 amide bonds. The van der Waals surface area contributed by atoms with Crippen LogP contribution in [-0.4, -0.2) is 36.6 Å². The highest BCUT2D eigenvalue weighted by molar-refractivity contribution is 6.02. The van der Waals surface area contributed by atoms with Crippen LogP contribution in [0.2, 0.25) is 0 Å². The van der Waals surface area contributed by atoms with Crippen LogP contribution >= 0.6 is 0 Å². The highest BCUT2D eigenvalue weighted by Crippen LogP contribution is 2.19. The zero-order chi connectivity index (χ0) is 11.4. The Morgan fingerprint density at radius 1 is 1.50 bits per heavy atom. The molecule has 0 fully saturated rings. The fraction of sp³-hybridized carbons (Fsp3) is 0.273. The van der Waals surface area contributed by atoms with Gasteiger partial charge in [0.2, 0.25) is 0 Å². The molecule has 1 aliphatic rings. The molecule has 1 aliphatic heterocycles. The van der Waals surface area contributed by atoms with Crippen molar-refractivity contribution in [3.63, 3.8) is 0 Å². The fourth-order valence-corrected chi connectivity index (χ4v) is 1.51. The molecule has 0 saturated heterocycles. The van der Waals surface area contributed by atoms with Crippen molar-refractivity contribution in [2.45, 2.75) is 0 Å². The number of carbonyl (C=O) groups is 1. The average Bonchev–Trinajstić information content (AvgIpc) is 2.80. The summed E-state index contributed by atoms with van der Waals surface area (Å²) in [5.41, 5.74) is 0.807. The second kappa shape index (κ2) is 4.65. The molecule has 0 aliphatic carbocycles. The normalized spacial score (nSPS) is 14.1. The second-order valence-electron chi connectivity index (χ2n) is 3.34. The predicted molar refractivity (Wildman–Crippen MR) is 59.0 cm³/mol. The lowest BCUT2D eigenvalue weighted by Gasteiger charge is -2.09. The number of nitrogens with zero attached hydrogens (tertiary/aromatic N) is 1. The third-order valence-corrected chi connectivity index (χ3v) is 2.17. The van der Waals surface area contributed by atoms with E-state index in [4.69, 9.17) is 9.84 Å². The van der Waals surface area contributed by atoms with Crippen molar-refractivity contribution in [3.05, 3.63) is 29.8 Å². The van der Waals surface area contributed by atoms with E-state index in [0.29, 0.717) is 5.75 Å². The van der Waals surface area contributed by atoms with E-state index in [1.54, 1.807) is 12.1 Å². The quantitative estimate of drug-likeness (QED) is 0.775. The van der Waals surface area contributed by atoms with Crippen molar-refractivity contribution in [2.24, 2.45) is 4.99 Å². The third-order valence-electron chi connectivity index (χ3n) is 2.17. The molecule has 1 heterocycles. The minimum Gasteiger partial charge on any atom is -0.481 e. The van der Waals surface area contributed by atoms with Gasteiger partial charge in [-0.2, -0.15) is 0 Å². The van der Waals surface area contributed by atoms with Crippen molar-refractivity contribution < 1.29 is 14.6 Å². The van der Waals surface area contributed by atoms with Gasteiger partial charge in [-0.05, 0) is 12.1 Å². The van der Waals surface area contributed by atoms with E-state index >= 15 is 0 Å². The van der Waals surface area contributed by atoms with Crippen LogP contribution in [0, 0.1) is 0 Å². The van der Waals surface area contributed by atoms with Crippen LogP contribution < -0.4 is 10.1 Å². The van der Waals surface area contributed by atoms with Crippen LogP contribution in [0.25, 0.3) is 0 Å². The lowest BCUT2D eigenvalue weighted by atomic mass is 10.2. The van der Waals surface area contributed by atoms with Gasteiger partial charge in [0.05, 0.1) is 12.1 Å². The Labute approximate surface area is 92.8 Å². The summed E-state index contributed by atoms with van der Waals surface area (Å²) in [6, 6.07) is 7.26. The molecule has 5 heteroatoms. The van der Waals surface area contributed by atoms with Gasteiger partial charge in [0.15, 0.2) is 6.61 Å². The maximum absolute atomic E-state index is 10.4. The maximum Gasteiger partial charge on any atom is 0.341 e. The van der Waals surface area contributed by atoms with E-state index in [9.17, 15) is 4.79 Å². The summed E-state index contributed by atoms with van der Waals surface area (Å²) in [6.45, 7) is 1.20. The number of carboxylic acid groups (broad SMARTS) is 1. The lowest BCUT2D eigenvalue weighted by Crippen LogP contribution is -2.21. The highest BCUT2D eigenvalue weighted by atomic mass is 16.5. The van der Waals surface area contributed by atoms with Gasteiger partial charge in [-0.25, -0.2) is 4.79 Å². The van der Waals surface area contributed by atoms with Crippen LogP contribution in [0.15, 0.2) is 29.3 Å². The van der Waals surface area contributed by atoms with Crippen molar-refractivity contribution in [3.8, 4) is 5.75 Å². The number of nitrogens with one attached hydrogen (secondary N) is 1. The first-order valence-corrected chi connectivity index (χ1v) is 4.99. The van der Waals surface area contributed by atoms with Gasteiger partial charge < -0.3 is 15.2 Å². The second-order valence-corrected chi connectivity index (χ2v) is 3.34. The molecular formula is C11H12N2O3. The number of ether oxygens (including phenoxy) is 1. The van der Waals surface area contributed by atoms with E-state index in [1.165, 1.54) is 0 Å². The van der Waals surface area contributed by atoms with Crippen LogP contribution in [0.3, 0.4) is 0 Å². The number of hydrogen-bond donors (Lipinski definition) is 2. The van der Waals surface area contributed by atoms with Gasteiger partial charge in [-0.15, -0.1) is 0 Å². The van der Waals surface area contributed by atoms with E-state index in [2.05, 4.69) is 10.3 Å². The van der Waals surface area contributed by atoms with E-state index < -0.39 is 5.97 Å². The molecule has 0 atom stereocenters. The van der Waals surface area contributed by atoms with Crippen molar-refractivity contribution in [1.29, 1.82) is 0 Å². The number of benzene rings is 1. The highest BCUT2D eigenvalue weighted by Gasteiger charge is 2.13. The van der Waals surface area contributed by atoms with Gasteiger partial charge >= 0.3 is 5.97 Å². The molecule has 2 N–H and O–H groups in total. The molecule has 0 bridgehead atoms. The maximum atomic E-state index is 10.4. The number of carboxylic acids is 1. The monoisotopic (exact) mass is 220 g/mol. The van der Waals surface area contributed by atoms with Crippen molar-refractivity contribution >= 4 is 11.8 Å². The fourth-order valence-electron chi connectivity index (χ4n) is 1.51. The smallest absolute Gasteiger partial charge is 0.341 e. The molecule has 16 heavy (non-hydrogen) atoms. The number of amidine groups is 1. The van der Waals surface area contributed by atoms with Crippen LogP contribution in [0.4, 0.5) is 0 Å². The molecule has 1 aromatic rings. The van der Waals surface area contributed by atoms with Crippen LogP contribution in [0.5, 0.6) is 5.75 Å². The largest absolute Gasteiger partial charge is 0.481 e. The zero-order valence-corrected chi connectivity index (χ0v) is 8.64. The minimum atomic E-state index is -0.990. The summed E-state index contributed by atoms with van der Waals surface area (Å²) in [7, 11) is 0. The summed E-state index contributed by atoms with van der Waals surface area (Å²) in [5.74, 6) is 0.315. The molecule has 0 radical (unpaired) electrons. The molecule has 0 unspecified atom stereocenters. The Hall–Kier alpha value is -2.04. The molecule has 84 valence electrons. The first-order valence-electron chi connectivity index (χ1n) is 4.99. The molecule has 1 aromatic carbocycles. The Morgan fingerprint density at radius 2 is 2.31 bits per heavy atom. The van der Waals surface area contributed by atoms with Gasteiger partial charge in [-0.3, -0.25) is 4.99 Å². The molecule has 5 nitrogen and oxygen atoms in total. The summed E-state index contributed by atoms with van der Waals surface area (Å²) < 4.78 is 5.19. The number of para-hydroxylation sites is 1. The lowest BCUT2D eigenvalue weighted by molar-refractivity contribution is -0.139. The summed E-state index contributed by atoms with van der Waals surface area (Å²) in [5, 5.41) is 11.7. The molecule has 2 rings (SSSR count). The van der Waals surface area contributed by atoms with E-state index in [-0.39, 0.29) is 6.61 Å². The van der Waals surface area contributed by atoms with Crippen LogP contribution in [-0.2, 0) is 4.79 Å². The predicted octanol–water partition coefficient (Wildman–Crippen LogP) is 0.500. The molecular weight excluding hydrogens is 208 g/mol. The van der Waals surface area contributed by atoms with Crippen LogP contribution in [0.1, 0.15) is 5.56 Å². The van der Waals surface area contributed by atoms with Crippen molar-refractivity contribution in [1.82, 2.24) is 5.32 Å². The van der Waals surface area contributed by atoms with Gasteiger partial charge in [0.1, 0.15) is 11.6 Å². The molecule has 0 aromatic heterocycles. The first kappa shape index (κ1) is 10.5. The SMILES string of the molecule is O=C(O)COc1ccccc1C1=NCCN1. The van der Waals surface area contributed by atoms with E-state index in [0.717, 1.165) is 24.5 Å². The Kier molecular flexibility index (Phi) is 3.05. The Balaban J connectivity index is 2.20. The zero-order valence-electron chi connectivity index (χ0n) is 8.64. The van der Waals surface area contributed by atoms with E-state index in [1.807, 2.05) is 12.1 Å².